The summed E-state index contributed by atoms with van der Waals surface area (Å²) in [5.74, 6) is -0.145. The van der Waals surface area contributed by atoms with E-state index >= 15 is 0 Å². The van der Waals surface area contributed by atoms with Gasteiger partial charge in [-0.05, 0) is 48.4 Å². The molecule has 1 saturated heterocycles. The number of nitrogens with zero attached hydrogens (tertiary/aromatic N) is 4. The van der Waals surface area contributed by atoms with Crippen molar-refractivity contribution in [2.24, 2.45) is 4.99 Å². The fourth-order valence-electron chi connectivity index (χ4n) is 4.19. The molecule has 3 aliphatic rings. The van der Waals surface area contributed by atoms with Crippen LogP contribution in [0.2, 0.25) is 0 Å². The number of aromatic nitrogens is 1. The van der Waals surface area contributed by atoms with Gasteiger partial charge in [-0.1, -0.05) is 12.1 Å². The molecule has 0 atom stereocenters. The van der Waals surface area contributed by atoms with Gasteiger partial charge in [0.2, 0.25) is 0 Å². The number of hydrogen-bond acceptors (Lipinski definition) is 7. The molecule has 4 heterocycles. The number of nitrogens with one attached hydrogen (secondary N) is 2. The fraction of sp³-hybridized carbons (Fsp3) is 0.222. The number of anilines is 3. The van der Waals surface area contributed by atoms with Crippen molar-refractivity contribution >= 4 is 35.0 Å². The van der Waals surface area contributed by atoms with Crippen LogP contribution >= 0.6 is 0 Å². The van der Waals surface area contributed by atoms with Crippen LogP contribution in [0.1, 0.15) is 18.9 Å². The maximum absolute atomic E-state index is 13.1. The number of aliphatic imine (C=N–C) groups is 1. The van der Waals surface area contributed by atoms with E-state index in [9.17, 15) is 9.18 Å². The monoisotopic (exact) mass is 486 g/mol. The van der Waals surface area contributed by atoms with E-state index in [4.69, 9.17) is 4.74 Å². The van der Waals surface area contributed by atoms with Crippen LogP contribution in [-0.4, -0.2) is 48.4 Å². The number of morpholine rings is 1. The minimum absolute atomic E-state index is 0.516. The Labute approximate surface area is 209 Å². The number of ether oxygens (including phenoxy) is 1. The van der Waals surface area contributed by atoms with Crippen molar-refractivity contribution in [1.82, 2.24) is 9.99 Å². The Hall–Kier alpha value is -4.24. The molecule has 3 aliphatic heterocycles. The Kier molecular flexibility index (Phi) is 6.90. The summed E-state index contributed by atoms with van der Waals surface area (Å²) in [6, 6.07) is 11.4. The molecule has 1 fully saturated rings. The molecule has 5 rings (SSSR count). The van der Waals surface area contributed by atoms with Gasteiger partial charge in [0.25, 0.3) is 5.91 Å². The lowest BCUT2D eigenvalue weighted by atomic mass is 9.97. The van der Waals surface area contributed by atoms with Gasteiger partial charge >= 0.3 is 0 Å². The van der Waals surface area contributed by atoms with E-state index in [-0.39, 0.29) is 0 Å². The van der Waals surface area contributed by atoms with Crippen molar-refractivity contribution in [2.45, 2.75) is 13.3 Å². The highest BCUT2D eigenvalue weighted by Gasteiger charge is 2.21. The number of rotatable bonds is 6. The molecule has 9 heteroatoms. The van der Waals surface area contributed by atoms with Crippen LogP contribution < -0.4 is 15.6 Å². The number of hydrazine groups is 1. The van der Waals surface area contributed by atoms with Gasteiger partial charge in [0.1, 0.15) is 11.6 Å². The Balaban J connectivity index is 1.40. The number of hydrogen-bond donors (Lipinski definition) is 2. The molecule has 8 nitrogen and oxygen atoms in total. The molecule has 2 N–H and O–H groups in total. The lowest BCUT2D eigenvalue weighted by Gasteiger charge is -2.32. The van der Waals surface area contributed by atoms with Gasteiger partial charge in [0.15, 0.2) is 0 Å². The number of benzene rings is 1. The van der Waals surface area contributed by atoms with Crippen molar-refractivity contribution in [3.05, 3.63) is 89.7 Å². The average molecular weight is 487 g/mol. The van der Waals surface area contributed by atoms with Crippen molar-refractivity contribution in [3.8, 4) is 0 Å². The first-order chi connectivity index (χ1) is 17.5. The Morgan fingerprint density at radius 3 is 2.81 bits per heavy atom. The summed E-state index contributed by atoms with van der Waals surface area (Å²) in [5, 5.41) is 4.66. The number of carbonyl (C=O) groups excluding carboxylic acids is 1. The number of carbonyl (C=O) groups is 1. The Morgan fingerprint density at radius 1 is 1.17 bits per heavy atom. The second-order valence-corrected chi connectivity index (χ2v) is 8.59. The number of amides is 1. The molecular weight excluding hydrogens is 459 g/mol. The summed E-state index contributed by atoms with van der Waals surface area (Å²) in [4.78, 5) is 23.2. The maximum Gasteiger partial charge on any atom is 0.250 e. The van der Waals surface area contributed by atoms with E-state index < -0.39 is 11.7 Å². The van der Waals surface area contributed by atoms with E-state index in [0.717, 1.165) is 59.5 Å². The van der Waals surface area contributed by atoms with Gasteiger partial charge in [0.05, 0.1) is 30.8 Å². The third kappa shape index (κ3) is 5.52. The average Bonchev–Trinajstić information content (AvgIpc) is 2.89. The predicted molar refractivity (Wildman–Crippen MR) is 140 cm³/mol. The molecule has 1 aromatic carbocycles. The Morgan fingerprint density at radius 2 is 2.03 bits per heavy atom. The van der Waals surface area contributed by atoms with Gasteiger partial charge < -0.3 is 15.0 Å². The smallest absolute Gasteiger partial charge is 0.250 e. The fourth-order valence-corrected chi connectivity index (χ4v) is 4.19. The third-order valence-electron chi connectivity index (χ3n) is 5.93. The number of fused-ring (bicyclic) bond motifs is 1. The van der Waals surface area contributed by atoms with Crippen LogP contribution in [0.3, 0.4) is 0 Å². The lowest BCUT2D eigenvalue weighted by Crippen LogP contribution is -2.36. The van der Waals surface area contributed by atoms with Crippen LogP contribution in [0.25, 0.3) is 5.70 Å². The summed E-state index contributed by atoms with van der Waals surface area (Å²) in [7, 11) is 0. The molecule has 0 aliphatic carbocycles. The van der Waals surface area contributed by atoms with Crippen LogP contribution in [0.5, 0.6) is 0 Å². The summed E-state index contributed by atoms with van der Waals surface area (Å²) in [6.45, 7) is 4.31. The van der Waals surface area contributed by atoms with Crippen LogP contribution in [0, 0.1) is 0 Å². The summed E-state index contributed by atoms with van der Waals surface area (Å²) >= 11 is 0. The van der Waals surface area contributed by atoms with Crippen molar-refractivity contribution in [1.29, 1.82) is 0 Å². The molecule has 1 aromatic heterocycles. The predicted octanol–water partition coefficient (Wildman–Crippen LogP) is 4.66. The summed E-state index contributed by atoms with van der Waals surface area (Å²) < 4.78 is 18.5. The number of pyridine rings is 1. The maximum atomic E-state index is 13.1. The molecule has 0 spiro atoms. The highest BCUT2D eigenvalue weighted by atomic mass is 19.1. The minimum Gasteiger partial charge on any atom is -0.378 e. The van der Waals surface area contributed by atoms with Crippen molar-refractivity contribution < 1.29 is 13.9 Å². The molecule has 0 bridgehead atoms. The van der Waals surface area contributed by atoms with Gasteiger partial charge in [-0.3, -0.25) is 20.2 Å². The molecule has 184 valence electrons. The zero-order chi connectivity index (χ0) is 24.9. The molecule has 36 heavy (non-hydrogen) atoms. The van der Waals surface area contributed by atoms with Crippen LogP contribution in [-0.2, 0) is 9.53 Å². The lowest BCUT2D eigenvalue weighted by molar-refractivity contribution is -0.112. The van der Waals surface area contributed by atoms with E-state index in [2.05, 4.69) is 31.7 Å². The van der Waals surface area contributed by atoms with Crippen molar-refractivity contribution in [3.63, 3.8) is 0 Å². The van der Waals surface area contributed by atoms with E-state index in [0.29, 0.717) is 18.9 Å². The molecule has 0 saturated carbocycles. The van der Waals surface area contributed by atoms with Gasteiger partial charge in [-0.25, -0.2) is 9.37 Å². The largest absolute Gasteiger partial charge is 0.378 e. The summed E-state index contributed by atoms with van der Waals surface area (Å²) in [6.07, 6.45) is 11.3. The quantitative estimate of drug-likeness (QED) is 0.579. The standard InChI is InChI=1S/C27H27FN6O2/c1-19(28)13-27(35)31-23-4-2-3-20(14-23)25-15-22-16-29-8-7-21(22)18-34(25)32-24-5-6-26(30-17-24)33-9-11-36-12-10-33/h2-6,8,13-18,32H,7,9-12H2,1H3,(H,31,35)/b19-13+. The minimum atomic E-state index is -0.551. The molecule has 1 amide bonds. The number of halogens is 1. The first-order valence-electron chi connectivity index (χ1n) is 11.8. The SMILES string of the molecule is C/C(F)=C\C(=O)Nc1cccc(C2=CC3=CN=CCC3=CN2Nc2ccc(N3CCOCC3)nc2)c1. The zero-order valence-electron chi connectivity index (χ0n) is 19.9. The van der Waals surface area contributed by atoms with Gasteiger partial charge in [-0.15, -0.1) is 0 Å². The first-order valence-corrected chi connectivity index (χ1v) is 11.8. The topological polar surface area (TPSA) is 82.1 Å². The molecule has 2 aromatic rings. The first kappa shape index (κ1) is 23.5. The molecule has 0 unspecified atom stereocenters. The highest BCUT2D eigenvalue weighted by Crippen LogP contribution is 2.33. The number of allylic oxidation sites excluding steroid dienone is 4. The molecular formula is C27H27FN6O2. The third-order valence-corrected chi connectivity index (χ3v) is 5.93. The van der Waals surface area contributed by atoms with E-state index in [1.807, 2.05) is 60.2 Å². The second-order valence-electron chi connectivity index (χ2n) is 8.59. The van der Waals surface area contributed by atoms with Gasteiger partial charge in [-0.2, -0.15) is 0 Å². The zero-order valence-corrected chi connectivity index (χ0v) is 19.9. The normalized spacial score (nSPS) is 17.6. The van der Waals surface area contributed by atoms with Gasteiger partial charge in [0, 0.05) is 55.5 Å². The highest BCUT2D eigenvalue weighted by molar-refractivity contribution is 5.99. The Bertz CT molecular complexity index is 1290. The van der Waals surface area contributed by atoms with E-state index in [1.165, 1.54) is 6.92 Å². The van der Waals surface area contributed by atoms with Crippen LogP contribution in [0.15, 0.2) is 89.1 Å². The molecule has 0 radical (unpaired) electrons. The van der Waals surface area contributed by atoms with E-state index in [1.54, 1.807) is 6.07 Å². The summed E-state index contributed by atoms with van der Waals surface area (Å²) in [5.41, 5.74) is 8.73. The second kappa shape index (κ2) is 10.6. The van der Waals surface area contributed by atoms with Crippen LogP contribution in [0.4, 0.5) is 21.6 Å². The van der Waals surface area contributed by atoms with Crippen molar-refractivity contribution in [2.75, 3.05) is 41.9 Å².